The van der Waals surface area contributed by atoms with E-state index < -0.39 is 0 Å². The molecule has 4 rings (SSSR count). The third-order valence-corrected chi connectivity index (χ3v) is 4.94. The fourth-order valence-electron chi connectivity index (χ4n) is 2.85. The number of rotatable bonds is 5. The number of imidazole rings is 1. The van der Waals surface area contributed by atoms with Gasteiger partial charge in [0.05, 0.1) is 5.01 Å². The summed E-state index contributed by atoms with van der Waals surface area (Å²) in [6, 6.07) is 10.4. The molecule has 1 aromatic carbocycles. The second kappa shape index (κ2) is 6.05. The first kappa shape index (κ1) is 14.8. The first-order valence-corrected chi connectivity index (χ1v) is 8.66. The fraction of sp³-hybridized carbons (Fsp3) is 0.167. The maximum Gasteiger partial charge on any atom is 0.307 e. The summed E-state index contributed by atoms with van der Waals surface area (Å²) in [7, 11) is 2.03. The smallest absolute Gasteiger partial charge is 0.304 e. The van der Waals surface area contributed by atoms with Crippen LogP contribution in [-0.2, 0) is 20.0 Å². The van der Waals surface area contributed by atoms with Gasteiger partial charge in [0.15, 0.2) is 6.20 Å². The molecule has 120 valence electrons. The van der Waals surface area contributed by atoms with E-state index in [-0.39, 0.29) is 0 Å². The Balaban J connectivity index is 1.50. The average Bonchev–Trinajstić information content (AvgIpc) is 3.30. The molecule has 4 aromatic rings. The zero-order valence-corrected chi connectivity index (χ0v) is 14.2. The molecule has 0 spiro atoms. The number of aryl methyl sites for hydroxylation is 1. The van der Waals surface area contributed by atoms with Crippen LogP contribution in [0.3, 0.4) is 0 Å². The standard InChI is InChI=1S/C18H18N5S/c1-21-8-6-18-22(9-10-23(18)21)13-14-2-4-15(5-3-14)16(19)12-17-20-7-11-24-17/h2-11,19H,12-13H2,1H3/q+1. The van der Waals surface area contributed by atoms with Crippen LogP contribution in [0.25, 0.3) is 5.65 Å². The number of aromatic nitrogens is 4. The summed E-state index contributed by atoms with van der Waals surface area (Å²) in [5.74, 6) is 0. The summed E-state index contributed by atoms with van der Waals surface area (Å²) in [6.45, 7) is 0.820. The molecule has 0 atom stereocenters. The molecule has 6 heteroatoms. The minimum atomic E-state index is 0.593. The predicted octanol–water partition coefficient (Wildman–Crippen LogP) is 2.68. The van der Waals surface area contributed by atoms with Crippen molar-refractivity contribution in [2.24, 2.45) is 7.05 Å². The number of nitrogens with zero attached hydrogens (tertiary/aromatic N) is 4. The highest BCUT2D eigenvalue weighted by molar-refractivity contribution is 7.09. The molecule has 0 unspecified atom stereocenters. The van der Waals surface area contributed by atoms with Crippen LogP contribution >= 0.6 is 11.3 Å². The van der Waals surface area contributed by atoms with Crippen LogP contribution in [0, 0.1) is 5.41 Å². The van der Waals surface area contributed by atoms with Gasteiger partial charge in [0.25, 0.3) is 0 Å². The third kappa shape index (κ3) is 2.76. The van der Waals surface area contributed by atoms with E-state index in [1.807, 2.05) is 24.6 Å². The lowest BCUT2D eigenvalue weighted by molar-refractivity contribution is -0.661. The van der Waals surface area contributed by atoms with Gasteiger partial charge in [-0.05, 0) is 11.1 Å². The van der Waals surface area contributed by atoms with Crippen LogP contribution < -0.4 is 4.57 Å². The highest BCUT2D eigenvalue weighted by Crippen LogP contribution is 2.11. The SMILES string of the molecule is Cn1ccc2n1cc[n+]2Cc1ccc(C(=N)Cc2nccs2)cc1. The first-order chi connectivity index (χ1) is 11.7. The van der Waals surface area contributed by atoms with Crippen molar-refractivity contribution in [1.29, 1.82) is 5.41 Å². The number of benzene rings is 1. The summed E-state index contributed by atoms with van der Waals surface area (Å²) >= 11 is 1.60. The maximum atomic E-state index is 8.24. The fourth-order valence-corrected chi connectivity index (χ4v) is 3.48. The lowest BCUT2D eigenvalue weighted by Gasteiger charge is -2.04. The van der Waals surface area contributed by atoms with Crippen LogP contribution in [0.4, 0.5) is 0 Å². The van der Waals surface area contributed by atoms with Gasteiger partial charge in [-0.25, -0.2) is 14.2 Å². The molecule has 0 amide bonds. The van der Waals surface area contributed by atoms with Gasteiger partial charge >= 0.3 is 5.65 Å². The minimum absolute atomic E-state index is 0.593. The van der Waals surface area contributed by atoms with Crippen LogP contribution in [0.15, 0.2) is 60.5 Å². The number of hydrogen-bond acceptors (Lipinski definition) is 3. The van der Waals surface area contributed by atoms with E-state index in [1.54, 1.807) is 17.5 Å². The van der Waals surface area contributed by atoms with Crippen molar-refractivity contribution in [3.05, 3.63) is 76.6 Å². The van der Waals surface area contributed by atoms with Crippen LogP contribution in [-0.4, -0.2) is 19.9 Å². The van der Waals surface area contributed by atoms with E-state index >= 15 is 0 Å². The molecule has 0 fully saturated rings. The topological polar surface area (TPSA) is 50.0 Å². The Morgan fingerprint density at radius 3 is 2.79 bits per heavy atom. The largest absolute Gasteiger partial charge is 0.307 e. The molecular weight excluding hydrogens is 318 g/mol. The molecule has 3 aromatic heterocycles. The Labute approximate surface area is 143 Å². The maximum absolute atomic E-state index is 8.24. The number of thiazole rings is 1. The van der Waals surface area contributed by atoms with Crippen molar-refractivity contribution in [2.45, 2.75) is 13.0 Å². The summed E-state index contributed by atoms with van der Waals surface area (Å²) in [5, 5.41) is 11.2. The normalized spacial score (nSPS) is 11.2. The van der Waals surface area contributed by atoms with Gasteiger partial charge in [0.2, 0.25) is 0 Å². The lowest BCUT2D eigenvalue weighted by atomic mass is 10.1. The Bertz CT molecular complexity index is 976. The van der Waals surface area contributed by atoms with Gasteiger partial charge in [-0.2, -0.15) is 0 Å². The Morgan fingerprint density at radius 2 is 2.04 bits per heavy atom. The van der Waals surface area contributed by atoms with Crippen molar-refractivity contribution in [3.8, 4) is 0 Å². The molecule has 0 bridgehead atoms. The summed E-state index contributed by atoms with van der Waals surface area (Å²) in [4.78, 5) is 4.25. The molecule has 5 nitrogen and oxygen atoms in total. The van der Waals surface area contributed by atoms with E-state index in [9.17, 15) is 0 Å². The molecule has 0 saturated carbocycles. The molecule has 0 aliphatic rings. The Hall–Kier alpha value is -2.73. The Morgan fingerprint density at radius 1 is 1.21 bits per heavy atom. The molecule has 0 saturated heterocycles. The lowest BCUT2D eigenvalue weighted by Crippen LogP contribution is -2.32. The predicted molar refractivity (Wildman–Crippen MR) is 94.8 cm³/mol. The van der Waals surface area contributed by atoms with Crippen LogP contribution in [0.5, 0.6) is 0 Å². The van der Waals surface area contributed by atoms with Crippen molar-refractivity contribution in [2.75, 3.05) is 0 Å². The number of fused-ring (bicyclic) bond motifs is 1. The zero-order chi connectivity index (χ0) is 16.5. The van der Waals surface area contributed by atoms with E-state index in [2.05, 4.69) is 55.5 Å². The van der Waals surface area contributed by atoms with E-state index in [0.29, 0.717) is 12.1 Å². The monoisotopic (exact) mass is 336 g/mol. The summed E-state index contributed by atoms with van der Waals surface area (Å²) in [6.07, 6.45) is 8.59. The van der Waals surface area contributed by atoms with E-state index in [0.717, 1.165) is 22.8 Å². The second-order valence-electron chi connectivity index (χ2n) is 5.80. The average molecular weight is 336 g/mol. The highest BCUT2D eigenvalue weighted by Gasteiger charge is 2.12. The van der Waals surface area contributed by atoms with Crippen molar-refractivity contribution >= 4 is 22.7 Å². The van der Waals surface area contributed by atoms with Crippen molar-refractivity contribution in [3.63, 3.8) is 0 Å². The molecular formula is C18H18N5S+. The quantitative estimate of drug-likeness (QED) is 0.442. The van der Waals surface area contributed by atoms with Crippen LogP contribution in [0.1, 0.15) is 16.1 Å². The first-order valence-electron chi connectivity index (χ1n) is 7.78. The second-order valence-corrected chi connectivity index (χ2v) is 6.78. The minimum Gasteiger partial charge on any atom is -0.304 e. The van der Waals surface area contributed by atoms with Gasteiger partial charge in [0, 0.05) is 43.0 Å². The third-order valence-electron chi connectivity index (χ3n) is 4.16. The van der Waals surface area contributed by atoms with Gasteiger partial charge in [-0.1, -0.05) is 24.3 Å². The van der Waals surface area contributed by atoms with Gasteiger partial charge in [0.1, 0.15) is 12.7 Å². The number of nitrogens with one attached hydrogen (secondary N) is 1. The van der Waals surface area contributed by atoms with Crippen molar-refractivity contribution in [1.82, 2.24) is 14.2 Å². The molecule has 24 heavy (non-hydrogen) atoms. The highest BCUT2D eigenvalue weighted by atomic mass is 32.1. The molecule has 0 aliphatic carbocycles. The molecule has 3 heterocycles. The van der Waals surface area contributed by atoms with E-state index in [1.165, 1.54) is 5.56 Å². The van der Waals surface area contributed by atoms with E-state index in [4.69, 9.17) is 5.41 Å². The molecule has 0 aliphatic heterocycles. The van der Waals surface area contributed by atoms with Crippen LogP contribution in [0.2, 0.25) is 0 Å². The summed E-state index contributed by atoms with van der Waals surface area (Å²) < 4.78 is 6.38. The van der Waals surface area contributed by atoms with Gasteiger partial charge in [-0.15, -0.1) is 15.9 Å². The molecule has 1 N–H and O–H groups in total. The Kier molecular flexibility index (Phi) is 3.74. The number of hydrogen-bond donors (Lipinski definition) is 1. The van der Waals surface area contributed by atoms with Crippen molar-refractivity contribution < 1.29 is 4.57 Å². The van der Waals surface area contributed by atoms with Gasteiger partial charge in [-0.3, -0.25) is 0 Å². The van der Waals surface area contributed by atoms with Gasteiger partial charge < -0.3 is 5.41 Å². The molecule has 0 radical (unpaired) electrons. The zero-order valence-electron chi connectivity index (χ0n) is 13.4. The summed E-state index contributed by atoms with van der Waals surface area (Å²) in [5.41, 5.74) is 3.96.